The van der Waals surface area contributed by atoms with Gasteiger partial charge >= 0.3 is 5.97 Å². The summed E-state index contributed by atoms with van der Waals surface area (Å²) < 4.78 is 2.01. The highest BCUT2D eigenvalue weighted by Crippen LogP contribution is 2.29. The lowest BCUT2D eigenvalue weighted by Gasteiger charge is -2.30. The smallest absolute Gasteiger partial charge is 0.307 e. The van der Waals surface area contributed by atoms with Gasteiger partial charge in [0.15, 0.2) is 0 Å². The van der Waals surface area contributed by atoms with Crippen LogP contribution < -0.4 is 0 Å². The number of aromatic nitrogens is 3. The minimum Gasteiger partial charge on any atom is -0.481 e. The molecule has 4 rings (SSSR count). The largest absolute Gasteiger partial charge is 0.481 e. The summed E-state index contributed by atoms with van der Waals surface area (Å²) in [7, 11) is 0. The van der Waals surface area contributed by atoms with Crippen LogP contribution in [0.25, 0.3) is 16.3 Å². The van der Waals surface area contributed by atoms with Gasteiger partial charge in [0.25, 0.3) is 0 Å². The van der Waals surface area contributed by atoms with E-state index in [4.69, 9.17) is 4.98 Å². The predicted molar refractivity (Wildman–Crippen MR) is 91.9 cm³/mol. The summed E-state index contributed by atoms with van der Waals surface area (Å²) in [5, 5.41) is 11.3. The summed E-state index contributed by atoms with van der Waals surface area (Å²) in [6.07, 6.45) is 5.39. The Morgan fingerprint density at radius 3 is 3.12 bits per heavy atom. The van der Waals surface area contributed by atoms with E-state index in [2.05, 4.69) is 16.0 Å². The second kappa shape index (κ2) is 6.33. The lowest BCUT2D eigenvalue weighted by atomic mass is 9.98. The Kier molecular flexibility index (Phi) is 4.03. The Balaban J connectivity index is 1.70. The van der Waals surface area contributed by atoms with Gasteiger partial charge in [-0.25, -0.2) is 9.97 Å². The molecule has 0 aliphatic carbocycles. The first-order valence-corrected chi connectivity index (χ1v) is 8.91. The second-order valence-electron chi connectivity index (χ2n) is 6.09. The van der Waals surface area contributed by atoms with E-state index in [1.807, 2.05) is 28.1 Å². The van der Waals surface area contributed by atoms with E-state index in [9.17, 15) is 9.90 Å². The molecular weight excluding hydrogens is 324 g/mol. The molecular formula is C17H18N4O2S. The van der Waals surface area contributed by atoms with E-state index >= 15 is 0 Å². The van der Waals surface area contributed by atoms with Crippen molar-refractivity contribution in [1.29, 1.82) is 0 Å². The zero-order valence-electron chi connectivity index (χ0n) is 13.1. The van der Waals surface area contributed by atoms with Gasteiger partial charge in [0.2, 0.25) is 5.78 Å². The van der Waals surface area contributed by atoms with Crippen LogP contribution in [0, 0.1) is 5.92 Å². The average molecular weight is 342 g/mol. The zero-order valence-corrected chi connectivity index (χ0v) is 13.9. The molecule has 6 nitrogen and oxygen atoms in total. The second-order valence-corrected chi connectivity index (χ2v) is 7.03. The monoisotopic (exact) mass is 342 g/mol. The van der Waals surface area contributed by atoms with E-state index in [1.54, 1.807) is 17.5 Å². The molecule has 0 spiro atoms. The number of carbonyl (C=O) groups is 1. The van der Waals surface area contributed by atoms with Crippen molar-refractivity contribution in [3.05, 3.63) is 41.7 Å². The van der Waals surface area contributed by atoms with Crippen LogP contribution in [-0.4, -0.2) is 43.4 Å². The van der Waals surface area contributed by atoms with Crippen molar-refractivity contribution >= 4 is 23.1 Å². The number of rotatable bonds is 4. The van der Waals surface area contributed by atoms with Crippen LogP contribution in [0.15, 0.2) is 36.0 Å². The van der Waals surface area contributed by atoms with Crippen molar-refractivity contribution in [2.75, 3.05) is 13.1 Å². The molecule has 1 fully saturated rings. The number of thiophene rings is 1. The maximum atomic E-state index is 11.3. The highest BCUT2D eigenvalue weighted by atomic mass is 32.1. The molecule has 4 heterocycles. The van der Waals surface area contributed by atoms with Crippen LogP contribution in [0.1, 0.15) is 18.5 Å². The van der Waals surface area contributed by atoms with E-state index < -0.39 is 5.97 Å². The van der Waals surface area contributed by atoms with Crippen molar-refractivity contribution in [3.8, 4) is 10.6 Å². The third-order valence-electron chi connectivity index (χ3n) is 4.49. The Labute approximate surface area is 143 Å². The molecule has 0 unspecified atom stereocenters. The maximum Gasteiger partial charge on any atom is 0.307 e. The molecule has 1 aliphatic rings. The van der Waals surface area contributed by atoms with Gasteiger partial charge in [0.05, 0.1) is 16.5 Å². The molecule has 3 aromatic heterocycles. The normalized spacial score (nSPS) is 18.9. The molecule has 0 radical (unpaired) electrons. The molecule has 0 amide bonds. The van der Waals surface area contributed by atoms with Crippen molar-refractivity contribution in [1.82, 2.24) is 19.3 Å². The highest BCUT2D eigenvalue weighted by Gasteiger charge is 2.27. The van der Waals surface area contributed by atoms with Crippen LogP contribution in [-0.2, 0) is 11.3 Å². The number of hydrogen-bond acceptors (Lipinski definition) is 5. The molecule has 1 aliphatic heterocycles. The summed E-state index contributed by atoms with van der Waals surface area (Å²) in [6, 6.07) is 5.97. The minimum atomic E-state index is -0.696. The van der Waals surface area contributed by atoms with Gasteiger partial charge in [-0.1, -0.05) is 6.07 Å². The highest BCUT2D eigenvalue weighted by molar-refractivity contribution is 7.13. The molecule has 0 saturated carbocycles. The quantitative estimate of drug-likeness (QED) is 0.789. The third kappa shape index (κ3) is 2.81. The minimum absolute atomic E-state index is 0.277. The number of fused-ring (bicyclic) bond motifs is 1. The van der Waals surface area contributed by atoms with Gasteiger partial charge in [-0.15, -0.1) is 11.3 Å². The van der Waals surface area contributed by atoms with Gasteiger partial charge in [-0.3, -0.25) is 14.1 Å². The molecule has 0 aromatic carbocycles. The van der Waals surface area contributed by atoms with Crippen molar-refractivity contribution < 1.29 is 9.90 Å². The molecule has 0 bridgehead atoms. The number of hydrogen-bond donors (Lipinski definition) is 1. The van der Waals surface area contributed by atoms with Gasteiger partial charge in [-0.05, 0) is 36.9 Å². The Morgan fingerprint density at radius 2 is 2.33 bits per heavy atom. The maximum absolute atomic E-state index is 11.3. The van der Waals surface area contributed by atoms with Crippen LogP contribution in [0.3, 0.4) is 0 Å². The van der Waals surface area contributed by atoms with Gasteiger partial charge < -0.3 is 5.11 Å². The molecule has 124 valence electrons. The Hall–Kier alpha value is -2.25. The summed E-state index contributed by atoms with van der Waals surface area (Å²) in [5.74, 6) is -0.290. The number of carboxylic acid groups (broad SMARTS) is 1. The molecule has 1 N–H and O–H groups in total. The van der Waals surface area contributed by atoms with E-state index in [-0.39, 0.29) is 5.92 Å². The van der Waals surface area contributed by atoms with Crippen LogP contribution in [0.5, 0.6) is 0 Å². The van der Waals surface area contributed by atoms with Crippen molar-refractivity contribution in [3.63, 3.8) is 0 Å². The lowest BCUT2D eigenvalue weighted by Crippen LogP contribution is -2.38. The Morgan fingerprint density at radius 1 is 1.42 bits per heavy atom. The lowest BCUT2D eigenvalue weighted by molar-refractivity contribution is -0.143. The topological polar surface area (TPSA) is 70.7 Å². The Bertz CT molecular complexity index is 859. The van der Waals surface area contributed by atoms with E-state index in [1.165, 1.54) is 0 Å². The first-order valence-electron chi connectivity index (χ1n) is 8.03. The van der Waals surface area contributed by atoms with Gasteiger partial charge in [0.1, 0.15) is 5.69 Å². The first-order chi connectivity index (χ1) is 11.7. The van der Waals surface area contributed by atoms with E-state index in [0.29, 0.717) is 18.9 Å². The summed E-state index contributed by atoms with van der Waals surface area (Å²) in [4.78, 5) is 23.7. The number of aliphatic carboxylic acids is 1. The fraction of sp³-hybridized carbons (Fsp3) is 0.353. The molecule has 7 heteroatoms. The summed E-state index contributed by atoms with van der Waals surface area (Å²) in [5.41, 5.74) is 2.02. The van der Waals surface area contributed by atoms with Gasteiger partial charge in [-0.2, -0.15) is 0 Å². The number of imidazole rings is 1. The van der Waals surface area contributed by atoms with Crippen molar-refractivity contribution in [2.24, 2.45) is 5.92 Å². The molecule has 3 aromatic rings. The average Bonchev–Trinajstić information content (AvgIpc) is 3.23. The number of piperidine rings is 1. The number of likely N-dealkylation sites (tertiary alicyclic amines) is 1. The number of carboxylic acids is 1. The molecule has 1 atom stereocenters. The summed E-state index contributed by atoms with van der Waals surface area (Å²) in [6.45, 7) is 2.19. The first kappa shape index (κ1) is 15.3. The van der Waals surface area contributed by atoms with E-state index in [0.717, 1.165) is 35.7 Å². The standard InChI is InChI=1S/C17H18N4O2S/c22-16(23)12-4-1-7-20(10-12)11-13-15(14-5-2-9-24-14)19-17-18-6-3-8-21(13)17/h2-3,5-6,8-9,12H,1,4,7,10-11H2,(H,22,23)/t12-/m1/s1. The van der Waals surface area contributed by atoms with Gasteiger partial charge in [0, 0.05) is 25.5 Å². The molecule has 1 saturated heterocycles. The van der Waals surface area contributed by atoms with Crippen LogP contribution in [0.4, 0.5) is 0 Å². The SMILES string of the molecule is O=C(O)[C@@H]1CCCN(Cc2c(-c3cccs3)nc3ncccn23)C1. The number of nitrogens with zero attached hydrogens (tertiary/aromatic N) is 4. The van der Waals surface area contributed by atoms with Crippen LogP contribution in [0.2, 0.25) is 0 Å². The summed E-state index contributed by atoms with van der Waals surface area (Å²) >= 11 is 1.66. The zero-order chi connectivity index (χ0) is 16.5. The van der Waals surface area contributed by atoms with Crippen molar-refractivity contribution in [2.45, 2.75) is 19.4 Å². The predicted octanol–water partition coefficient (Wildman–Crippen LogP) is 2.75. The fourth-order valence-electron chi connectivity index (χ4n) is 3.31. The third-order valence-corrected chi connectivity index (χ3v) is 5.36. The molecule has 24 heavy (non-hydrogen) atoms. The van der Waals surface area contributed by atoms with Crippen LogP contribution >= 0.6 is 11.3 Å². The fourth-order valence-corrected chi connectivity index (χ4v) is 4.05.